The highest BCUT2D eigenvalue weighted by molar-refractivity contribution is 8.01. The summed E-state index contributed by atoms with van der Waals surface area (Å²) in [6, 6.07) is 4.01. The van der Waals surface area contributed by atoms with Crippen LogP contribution in [0.4, 0.5) is 0 Å². The second kappa shape index (κ2) is 5.83. The van der Waals surface area contributed by atoms with Gasteiger partial charge in [-0.15, -0.1) is 11.8 Å². The number of aryl methyl sites for hydroxylation is 1. The number of piperidine rings is 1. The lowest BCUT2D eigenvalue weighted by Crippen LogP contribution is -2.53. The van der Waals surface area contributed by atoms with Crippen molar-refractivity contribution in [2.45, 2.75) is 56.0 Å². The molecular weight excluding hydrogens is 322 g/mol. The minimum atomic E-state index is -0.282. The van der Waals surface area contributed by atoms with Crippen molar-refractivity contribution in [3.63, 3.8) is 0 Å². The molecule has 130 valence electrons. The van der Waals surface area contributed by atoms with Crippen molar-refractivity contribution < 1.29 is 9.59 Å². The zero-order valence-electron chi connectivity index (χ0n) is 14.4. The van der Waals surface area contributed by atoms with Crippen LogP contribution in [0.1, 0.15) is 50.8 Å². The number of carbonyl (C=O) groups is 2. The number of amides is 2. The molecule has 0 spiro atoms. The summed E-state index contributed by atoms with van der Waals surface area (Å²) < 4.78 is 2.12. The average Bonchev–Trinajstić information content (AvgIpc) is 3.23. The highest BCUT2D eigenvalue weighted by Crippen LogP contribution is 2.48. The molecule has 3 unspecified atom stereocenters. The molecule has 6 heteroatoms. The molecule has 4 rings (SSSR count). The molecule has 0 bridgehead atoms. The molecule has 3 aliphatic rings. The minimum Gasteiger partial charge on any atom is -0.353 e. The van der Waals surface area contributed by atoms with E-state index in [0.717, 1.165) is 38.0 Å². The number of hydrogen-bond donors (Lipinski definition) is 0. The van der Waals surface area contributed by atoms with Gasteiger partial charge < -0.3 is 14.4 Å². The molecule has 3 fully saturated rings. The maximum atomic E-state index is 13.4. The molecular formula is C18H25N3O2S. The topological polar surface area (TPSA) is 45.6 Å². The van der Waals surface area contributed by atoms with Crippen molar-refractivity contribution in [2.24, 2.45) is 7.05 Å². The molecule has 5 nitrogen and oxygen atoms in total. The summed E-state index contributed by atoms with van der Waals surface area (Å²) in [7, 11) is 2.04. The largest absolute Gasteiger partial charge is 0.353 e. The van der Waals surface area contributed by atoms with E-state index in [4.69, 9.17) is 0 Å². The number of thioether (sulfide) groups is 1. The quantitative estimate of drug-likeness (QED) is 0.826. The van der Waals surface area contributed by atoms with Crippen LogP contribution in [-0.2, 0) is 16.6 Å². The van der Waals surface area contributed by atoms with Crippen molar-refractivity contribution in [3.05, 3.63) is 24.0 Å². The molecule has 4 heterocycles. The molecule has 0 aliphatic carbocycles. The Morgan fingerprint density at radius 1 is 1.38 bits per heavy atom. The van der Waals surface area contributed by atoms with Crippen LogP contribution >= 0.6 is 11.8 Å². The highest BCUT2D eigenvalue weighted by atomic mass is 32.2. The Hall–Kier alpha value is -1.43. The van der Waals surface area contributed by atoms with Gasteiger partial charge in [0.05, 0.1) is 10.9 Å². The van der Waals surface area contributed by atoms with E-state index < -0.39 is 0 Å². The molecule has 0 N–H and O–H groups in total. The summed E-state index contributed by atoms with van der Waals surface area (Å²) in [5.41, 5.74) is 1.20. The van der Waals surface area contributed by atoms with Crippen LogP contribution in [0.25, 0.3) is 0 Å². The number of fused-ring (bicyclic) bond motifs is 1. The van der Waals surface area contributed by atoms with E-state index in [0.29, 0.717) is 6.42 Å². The number of rotatable bonds is 2. The zero-order chi connectivity index (χ0) is 16.9. The van der Waals surface area contributed by atoms with Gasteiger partial charge in [-0.1, -0.05) is 0 Å². The lowest BCUT2D eigenvalue weighted by molar-refractivity contribution is -0.146. The van der Waals surface area contributed by atoms with Gasteiger partial charge in [0.15, 0.2) is 0 Å². The minimum absolute atomic E-state index is 0.140. The van der Waals surface area contributed by atoms with Crippen molar-refractivity contribution in [2.75, 3.05) is 12.3 Å². The third-order valence-electron chi connectivity index (χ3n) is 5.84. The first-order valence-corrected chi connectivity index (χ1v) is 9.88. The molecule has 2 amide bonds. The Bertz CT molecular complexity index is 673. The van der Waals surface area contributed by atoms with Crippen molar-refractivity contribution in [1.82, 2.24) is 14.4 Å². The van der Waals surface area contributed by atoms with Gasteiger partial charge in [0.1, 0.15) is 6.04 Å². The maximum Gasteiger partial charge on any atom is 0.246 e. The van der Waals surface area contributed by atoms with Crippen LogP contribution in [-0.4, -0.2) is 49.4 Å². The molecule has 3 atom stereocenters. The van der Waals surface area contributed by atoms with E-state index in [1.165, 1.54) is 5.69 Å². The Balaban J connectivity index is 1.61. The number of nitrogens with zero attached hydrogens (tertiary/aromatic N) is 3. The van der Waals surface area contributed by atoms with Gasteiger partial charge in [0, 0.05) is 37.7 Å². The fraction of sp³-hybridized carbons (Fsp3) is 0.667. The lowest BCUT2D eigenvalue weighted by atomic mass is 9.98. The summed E-state index contributed by atoms with van der Waals surface area (Å²) in [6.45, 7) is 2.91. The van der Waals surface area contributed by atoms with Crippen LogP contribution in [0.5, 0.6) is 0 Å². The Morgan fingerprint density at radius 3 is 2.96 bits per heavy atom. The third-order valence-corrected chi connectivity index (χ3v) is 7.35. The fourth-order valence-electron chi connectivity index (χ4n) is 4.52. The van der Waals surface area contributed by atoms with Crippen LogP contribution in [0.2, 0.25) is 0 Å². The van der Waals surface area contributed by atoms with Crippen molar-refractivity contribution >= 4 is 23.6 Å². The van der Waals surface area contributed by atoms with Crippen LogP contribution in [0.3, 0.4) is 0 Å². The van der Waals surface area contributed by atoms with E-state index in [9.17, 15) is 9.59 Å². The van der Waals surface area contributed by atoms with Crippen molar-refractivity contribution in [3.8, 4) is 0 Å². The third kappa shape index (κ3) is 2.38. The van der Waals surface area contributed by atoms with Gasteiger partial charge in [0.25, 0.3) is 0 Å². The molecule has 1 aromatic rings. The van der Waals surface area contributed by atoms with Crippen LogP contribution < -0.4 is 0 Å². The summed E-state index contributed by atoms with van der Waals surface area (Å²) in [4.78, 5) is 29.5. The summed E-state index contributed by atoms with van der Waals surface area (Å²) in [5.74, 6) is 1.03. The first-order chi connectivity index (χ1) is 11.5. The van der Waals surface area contributed by atoms with E-state index in [1.807, 2.05) is 29.1 Å². The van der Waals surface area contributed by atoms with Gasteiger partial charge in [-0.25, -0.2) is 0 Å². The summed E-state index contributed by atoms with van der Waals surface area (Å²) >= 11 is 1.77. The molecule has 1 aromatic heterocycles. The lowest BCUT2D eigenvalue weighted by Gasteiger charge is -2.39. The molecule has 24 heavy (non-hydrogen) atoms. The maximum absolute atomic E-state index is 13.4. The van der Waals surface area contributed by atoms with E-state index in [1.54, 1.807) is 11.8 Å². The zero-order valence-corrected chi connectivity index (χ0v) is 15.2. The van der Waals surface area contributed by atoms with Gasteiger partial charge >= 0.3 is 0 Å². The number of aromatic nitrogens is 1. The molecule has 0 saturated carbocycles. The summed E-state index contributed by atoms with van der Waals surface area (Å²) in [6.07, 6.45) is 6.70. The van der Waals surface area contributed by atoms with E-state index in [-0.39, 0.29) is 28.8 Å². The van der Waals surface area contributed by atoms with Crippen molar-refractivity contribution in [1.29, 1.82) is 0 Å². The highest BCUT2D eigenvalue weighted by Gasteiger charge is 2.54. The smallest absolute Gasteiger partial charge is 0.246 e. The van der Waals surface area contributed by atoms with Crippen LogP contribution in [0.15, 0.2) is 18.3 Å². The first kappa shape index (κ1) is 16.1. The predicted octanol–water partition coefficient (Wildman–Crippen LogP) is 2.53. The molecule has 0 aromatic carbocycles. The normalized spacial score (nSPS) is 33.2. The Morgan fingerprint density at radius 2 is 2.21 bits per heavy atom. The fourth-order valence-corrected chi connectivity index (χ4v) is 5.94. The Kier molecular flexibility index (Phi) is 3.90. The second-order valence-electron chi connectivity index (χ2n) is 7.35. The second-order valence-corrected chi connectivity index (χ2v) is 8.85. The standard InChI is InChI=1S/C18H25N3O2S/c1-18-9-8-16(22)21(18)15(12-24-18)17(23)20-11-4-3-6-14(20)13-7-5-10-19(13)2/h5,7,10,14-15H,3-4,6,8-9,11-12H2,1-2H3. The van der Waals surface area contributed by atoms with Gasteiger partial charge in [-0.05, 0) is 44.7 Å². The van der Waals surface area contributed by atoms with E-state index in [2.05, 4.69) is 17.6 Å². The summed E-state index contributed by atoms with van der Waals surface area (Å²) in [5, 5.41) is 0. The van der Waals surface area contributed by atoms with E-state index >= 15 is 0 Å². The SMILES string of the molecule is Cn1cccc1C1CCCCN1C(=O)C1CSC2(C)CCC(=O)N12. The van der Waals surface area contributed by atoms with Gasteiger partial charge in [-0.3, -0.25) is 9.59 Å². The monoisotopic (exact) mass is 347 g/mol. The van der Waals surface area contributed by atoms with Gasteiger partial charge in [-0.2, -0.15) is 0 Å². The number of carbonyl (C=O) groups excluding carboxylic acids is 2. The Labute approximate surface area is 147 Å². The molecule has 3 saturated heterocycles. The van der Waals surface area contributed by atoms with Gasteiger partial charge in [0.2, 0.25) is 11.8 Å². The predicted molar refractivity (Wildman–Crippen MR) is 94.4 cm³/mol. The molecule has 3 aliphatic heterocycles. The molecule has 0 radical (unpaired) electrons. The number of hydrogen-bond acceptors (Lipinski definition) is 3. The van der Waals surface area contributed by atoms with Crippen LogP contribution in [0, 0.1) is 0 Å². The number of likely N-dealkylation sites (tertiary alicyclic amines) is 1. The average molecular weight is 347 g/mol. The first-order valence-electron chi connectivity index (χ1n) is 8.89.